The van der Waals surface area contributed by atoms with E-state index in [1.807, 2.05) is 49.2 Å². The van der Waals surface area contributed by atoms with E-state index in [-0.39, 0.29) is 17.8 Å². The lowest BCUT2D eigenvalue weighted by molar-refractivity contribution is -0.122. The van der Waals surface area contributed by atoms with E-state index in [9.17, 15) is 9.18 Å². The molecule has 0 aliphatic heterocycles. The molecule has 0 aliphatic carbocycles. The Morgan fingerprint density at radius 1 is 1.17 bits per heavy atom. The Bertz CT molecular complexity index is 632. The van der Waals surface area contributed by atoms with Gasteiger partial charge < -0.3 is 10.1 Å². The molecule has 0 unspecified atom stereocenters. The van der Waals surface area contributed by atoms with Gasteiger partial charge in [0.15, 0.2) is 0 Å². The van der Waals surface area contributed by atoms with Crippen LogP contribution in [-0.2, 0) is 4.79 Å². The summed E-state index contributed by atoms with van der Waals surface area (Å²) in [5.74, 6) is 0.297. The van der Waals surface area contributed by atoms with Gasteiger partial charge in [-0.1, -0.05) is 30.3 Å². The van der Waals surface area contributed by atoms with Crippen molar-refractivity contribution in [2.75, 3.05) is 26.7 Å². The highest BCUT2D eigenvalue weighted by Gasteiger charge is 2.11. The second kappa shape index (κ2) is 9.03. The van der Waals surface area contributed by atoms with Crippen LogP contribution in [0, 0.1) is 5.82 Å². The van der Waals surface area contributed by atoms with Crippen molar-refractivity contribution < 1.29 is 13.9 Å². The molecule has 0 saturated heterocycles. The number of ether oxygens (including phenoxy) is 1. The summed E-state index contributed by atoms with van der Waals surface area (Å²) >= 11 is 0. The summed E-state index contributed by atoms with van der Waals surface area (Å²) in [4.78, 5) is 14.0. The Hall–Kier alpha value is -2.40. The second-order valence-corrected chi connectivity index (χ2v) is 5.74. The number of carbonyl (C=O) groups is 1. The van der Waals surface area contributed by atoms with Crippen molar-refractivity contribution in [3.8, 4) is 5.75 Å². The lowest BCUT2D eigenvalue weighted by Crippen LogP contribution is -2.38. The van der Waals surface area contributed by atoms with Crippen LogP contribution in [0.15, 0.2) is 54.6 Å². The molecule has 0 aromatic heterocycles. The van der Waals surface area contributed by atoms with Gasteiger partial charge >= 0.3 is 0 Å². The summed E-state index contributed by atoms with van der Waals surface area (Å²) in [6.45, 7) is 3.29. The molecule has 0 fully saturated rings. The van der Waals surface area contributed by atoms with Gasteiger partial charge in [-0.2, -0.15) is 0 Å². The van der Waals surface area contributed by atoms with Crippen molar-refractivity contribution >= 4 is 5.91 Å². The molecule has 4 nitrogen and oxygen atoms in total. The van der Waals surface area contributed by atoms with Crippen molar-refractivity contribution in [3.63, 3.8) is 0 Å². The van der Waals surface area contributed by atoms with Crippen molar-refractivity contribution in [1.82, 2.24) is 10.2 Å². The number of rotatable bonds is 8. The van der Waals surface area contributed by atoms with Crippen LogP contribution in [0.3, 0.4) is 0 Å². The van der Waals surface area contributed by atoms with Crippen molar-refractivity contribution in [3.05, 3.63) is 66.0 Å². The predicted octanol–water partition coefficient (Wildman–Crippen LogP) is 3.01. The molecule has 5 heteroatoms. The third kappa shape index (κ3) is 6.01. The van der Waals surface area contributed by atoms with Gasteiger partial charge in [0, 0.05) is 6.54 Å². The summed E-state index contributed by atoms with van der Waals surface area (Å²) in [6, 6.07) is 15.7. The minimum absolute atomic E-state index is 0.0254. The Balaban J connectivity index is 1.68. The zero-order valence-electron chi connectivity index (χ0n) is 14.0. The molecule has 1 N–H and O–H groups in total. The van der Waals surface area contributed by atoms with E-state index in [0.717, 1.165) is 5.56 Å². The number of carbonyl (C=O) groups excluding carboxylic acids is 1. The van der Waals surface area contributed by atoms with E-state index in [2.05, 4.69) is 5.32 Å². The smallest absolute Gasteiger partial charge is 0.234 e. The normalized spacial score (nSPS) is 12.0. The van der Waals surface area contributed by atoms with Crippen LogP contribution >= 0.6 is 0 Å². The predicted molar refractivity (Wildman–Crippen MR) is 92.4 cm³/mol. The molecule has 0 spiro atoms. The van der Waals surface area contributed by atoms with Crippen LogP contribution in [-0.4, -0.2) is 37.6 Å². The molecule has 1 amide bonds. The number of nitrogens with one attached hydrogen (secondary N) is 1. The van der Waals surface area contributed by atoms with Gasteiger partial charge in [0.1, 0.15) is 18.2 Å². The van der Waals surface area contributed by atoms with Crippen LogP contribution in [0.5, 0.6) is 5.75 Å². The quantitative estimate of drug-likeness (QED) is 0.809. The molecular formula is C19H23FN2O2. The van der Waals surface area contributed by atoms with E-state index >= 15 is 0 Å². The number of nitrogens with zero attached hydrogens (tertiary/aromatic N) is 1. The Morgan fingerprint density at radius 3 is 2.50 bits per heavy atom. The monoisotopic (exact) mass is 330 g/mol. The van der Waals surface area contributed by atoms with Crippen LogP contribution < -0.4 is 10.1 Å². The standard InChI is InChI=1S/C19H23FN2O2/c1-15(16-6-4-3-5-7-16)21-19(23)14-22(2)12-13-24-18-10-8-17(20)9-11-18/h3-11,15H,12-14H2,1-2H3,(H,21,23)/t15-/m1/s1. The zero-order chi connectivity index (χ0) is 17.4. The number of amides is 1. The topological polar surface area (TPSA) is 41.6 Å². The fourth-order valence-corrected chi connectivity index (χ4v) is 2.29. The number of benzene rings is 2. The average Bonchev–Trinajstić information content (AvgIpc) is 2.57. The Kier molecular flexibility index (Phi) is 6.75. The lowest BCUT2D eigenvalue weighted by Gasteiger charge is -2.19. The molecular weight excluding hydrogens is 307 g/mol. The molecule has 1 atom stereocenters. The van der Waals surface area contributed by atoms with Crippen LogP contribution in [0.25, 0.3) is 0 Å². The van der Waals surface area contributed by atoms with E-state index in [1.54, 1.807) is 12.1 Å². The molecule has 0 radical (unpaired) electrons. The highest BCUT2D eigenvalue weighted by Crippen LogP contribution is 2.11. The molecule has 2 aromatic carbocycles. The van der Waals surface area contributed by atoms with E-state index < -0.39 is 0 Å². The number of likely N-dealkylation sites (N-methyl/N-ethyl adjacent to an activating group) is 1. The first-order valence-electron chi connectivity index (χ1n) is 7.96. The second-order valence-electron chi connectivity index (χ2n) is 5.74. The number of halogens is 1. The van der Waals surface area contributed by atoms with Gasteiger partial charge in [0.25, 0.3) is 0 Å². The summed E-state index contributed by atoms with van der Waals surface area (Å²) in [6.07, 6.45) is 0. The Labute approximate surface area is 142 Å². The minimum atomic E-state index is -0.288. The lowest BCUT2D eigenvalue weighted by atomic mass is 10.1. The summed E-state index contributed by atoms with van der Waals surface area (Å²) in [5, 5.41) is 2.98. The fraction of sp³-hybridized carbons (Fsp3) is 0.316. The minimum Gasteiger partial charge on any atom is -0.492 e. The number of hydrogen-bond donors (Lipinski definition) is 1. The largest absolute Gasteiger partial charge is 0.492 e. The van der Waals surface area contributed by atoms with Gasteiger partial charge in [0.2, 0.25) is 5.91 Å². The first kappa shape index (κ1) is 17.9. The third-order valence-electron chi connectivity index (χ3n) is 3.65. The van der Waals surface area contributed by atoms with E-state index in [1.165, 1.54) is 12.1 Å². The zero-order valence-corrected chi connectivity index (χ0v) is 14.0. The molecule has 24 heavy (non-hydrogen) atoms. The first-order chi connectivity index (χ1) is 11.5. The molecule has 128 valence electrons. The maximum absolute atomic E-state index is 12.8. The summed E-state index contributed by atoms with van der Waals surface area (Å²) < 4.78 is 18.3. The van der Waals surface area contributed by atoms with Crippen LogP contribution in [0.2, 0.25) is 0 Å². The SMILES string of the molecule is C[C@@H](NC(=O)CN(C)CCOc1ccc(F)cc1)c1ccccc1. The highest BCUT2D eigenvalue weighted by atomic mass is 19.1. The Morgan fingerprint density at radius 2 is 1.83 bits per heavy atom. The number of hydrogen-bond acceptors (Lipinski definition) is 3. The van der Waals surface area contributed by atoms with Gasteiger partial charge in [0.05, 0.1) is 12.6 Å². The fourth-order valence-electron chi connectivity index (χ4n) is 2.29. The summed E-state index contributed by atoms with van der Waals surface area (Å²) in [5.41, 5.74) is 1.08. The van der Waals surface area contributed by atoms with E-state index in [0.29, 0.717) is 25.4 Å². The molecule has 0 heterocycles. The van der Waals surface area contributed by atoms with Crippen molar-refractivity contribution in [1.29, 1.82) is 0 Å². The first-order valence-corrected chi connectivity index (χ1v) is 7.96. The van der Waals surface area contributed by atoms with Gasteiger partial charge in [-0.25, -0.2) is 4.39 Å². The third-order valence-corrected chi connectivity index (χ3v) is 3.65. The van der Waals surface area contributed by atoms with Gasteiger partial charge in [-0.3, -0.25) is 9.69 Å². The molecule has 2 aromatic rings. The molecule has 2 rings (SSSR count). The highest BCUT2D eigenvalue weighted by molar-refractivity contribution is 5.78. The summed E-state index contributed by atoms with van der Waals surface area (Å²) in [7, 11) is 1.86. The van der Waals surface area contributed by atoms with Crippen LogP contribution in [0.1, 0.15) is 18.5 Å². The maximum Gasteiger partial charge on any atom is 0.234 e. The van der Waals surface area contributed by atoms with E-state index in [4.69, 9.17) is 4.74 Å². The molecule has 0 bridgehead atoms. The van der Waals surface area contributed by atoms with Gasteiger partial charge in [-0.15, -0.1) is 0 Å². The van der Waals surface area contributed by atoms with Crippen molar-refractivity contribution in [2.45, 2.75) is 13.0 Å². The average molecular weight is 330 g/mol. The maximum atomic E-state index is 12.8. The van der Waals surface area contributed by atoms with Gasteiger partial charge in [-0.05, 0) is 43.8 Å². The van der Waals surface area contributed by atoms with Crippen molar-refractivity contribution in [2.24, 2.45) is 0 Å². The van der Waals surface area contributed by atoms with Crippen LogP contribution in [0.4, 0.5) is 4.39 Å². The molecule has 0 aliphatic rings. The molecule has 0 saturated carbocycles.